The van der Waals surface area contributed by atoms with E-state index < -0.39 is 0 Å². The molecule has 110 valence electrons. The lowest BCUT2D eigenvalue weighted by Crippen LogP contribution is -2.21. The Kier molecular flexibility index (Phi) is 2.61. The van der Waals surface area contributed by atoms with E-state index in [0.29, 0.717) is 18.2 Å². The van der Waals surface area contributed by atoms with Gasteiger partial charge < -0.3 is 9.30 Å². The maximum absolute atomic E-state index is 6.01. The van der Waals surface area contributed by atoms with E-state index in [1.165, 1.54) is 12.8 Å². The van der Waals surface area contributed by atoms with Crippen LogP contribution in [0.15, 0.2) is 48.9 Å². The molecule has 4 heterocycles. The first-order chi connectivity index (χ1) is 10.9. The van der Waals surface area contributed by atoms with Gasteiger partial charge in [-0.1, -0.05) is 18.2 Å². The molecule has 0 saturated carbocycles. The molecule has 0 amide bonds. The van der Waals surface area contributed by atoms with E-state index in [0.717, 1.165) is 28.7 Å². The molecule has 2 saturated heterocycles. The van der Waals surface area contributed by atoms with E-state index in [2.05, 4.69) is 45.0 Å². The Morgan fingerprint density at radius 1 is 1.09 bits per heavy atom. The average Bonchev–Trinajstić information content (AvgIpc) is 3.30. The van der Waals surface area contributed by atoms with Gasteiger partial charge in [0.1, 0.15) is 5.82 Å². The molecule has 0 radical (unpaired) electrons. The second kappa shape index (κ2) is 4.65. The minimum atomic E-state index is 0.358. The molecule has 2 aromatic heterocycles. The van der Waals surface area contributed by atoms with Crippen molar-refractivity contribution in [1.29, 1.82) is 0 Å². The molecule has 22 heavy (non-hydrogen) atoms. The molecular weight excluding hydrogens is 274 g/mol. The summed E-state index contributed by atoms with van der Waals surface area (Å²) >= 11 is 0. The Hall–Kier alpha value is -2.20. The van der Waals surface area contributed by atoms with Crippen molar-refractivity contribution in [1.82, 2.24) is 14.5 Å². The van der Waals surface area contributed by atoms with Crippen LogP contribution in [0.3, 0.4) is 0 Å². The molecule has 2 fully saturated rings. The summed E-state index contributed by atoms with van der Waals surface area (Å²) in [6.07, 6.45) is 10.1. The molecule has 5 rings (SSSR count). The zero-order chi connectivity index (χ0) is 14.5. The van der Waals surface area contributed by atoms with E-state index in [-0.39, 0.29) is 0 Å². The molecule has 3 aromatic rings. The van der Waals surface area contributed by atoms with Crippen LogP contribution in [0.25, 0.3) is 22.3 Å². The quantitative estimate of drug-likeness (QED) is 0.724. The number of aromatic nitrogens is 3. The van der Waals surface area contributed by atoms with Gasteiger partial charge in [0.05, 0.1) is 23.8 Å². The summed E-state index contributed by atoms with van der Waals surface area (Å²) in [5, 5.41) is 1.16. The zero-order valence-electron chi connectivity index (χ0n) is 12.2. The van der Waals surface area contributed by atoms with Crippen molar-refractivity contribution < 1.29 is 4.74 Å². The van der Waals surface area contributed by atoms with Gasteiger partial charge in [0.15, 0.2) is 0 Å². The van der Waals surface area contributed by atoms with Gasteiger partial charge in [-0.2, -0.15) is 0 Å². The molecule has 0 aliphatic carbocycles. The molecule has 1 aromatic carbocycles. The molecule has 3 atom stereocenters. The highest BCUT2D eigenvalue weighted by molar-refractivity contribution is 5.82. The van der Waals surface area contributed by atoms with Gasteiger partial charge >= 0.3 is 0 Å². The fourth-order valence-electron chi connectivity index (χ4n) is 3.91. The smallest absolute Gasteiger partial charge is 0.140 e. The third-order valence-electron chi connectivity index (χ3n) is 4.96. The van der Waals surface area contributed by atoms with Crippen molar-refractivity contribution in [3.05, 3.63) is 48.9 Å². The highest BCUT2D eigenvalue weighted by Gasteiger charge is 2.42. The Morgan fingerprint density at radius 3 is 2.95 bits per heavy atom. The van der Waals surface area contributed by atoms with Gasteiger partial charge in [-0.3, -0.25) is 4.98 Å². The first-order valence-corrected chi connectivity index (χ1v) is 7.92. The maximum atomic E-state index is 6.01. The van der Waals surface area contributed by atoms with Crippen LogP contribution >= 0.6 is 0 Å². The third-order valence-corrected chi connectivity index (χ3v) is 4.96. The minimum Gasteiger partial charge on any atom is -0.373 e. The molecule has 0 spiro atoms. The van der Waals surface area contributed by atoms with Gasteiger partial charge in [0.2, 0.25) is 0 Å². The highest BCUT2D eigenvalue weighted by atomic mass is 16.5. The number of ether oxygens (including phenoxy) is 1. The van der Waals surface area contributed by atoms with Crippen molar-refractivity contribution in [2.45, 2.75) is 37.5 Å². The summed E-state index contributed by atoms with van der Waals surface area (Å²) in [7, 11) is 0. The summed E-state index contributed by atoms with van der Waals surface area (Å²) in [6, 6.07) is 10.9. The van der Waals surface area contributed by atoms with Crippen LogP contribution in [-0.4, -0.2) is 26.7 Å². The fraction of sp³-hybridized carbons (Fsp3) is 0.333. The summed E-state index contributed by atoms with van der Waals surface area (Å²) in [5.74, 6) is 1.02. The first-order valence-electron chi connectivity index (χ1n) is 7.92. The predicted molar refractivity (Wildman–Crippen MR) is 84.5 cm³/mol. The largest absolute Gasteiger partial charge is 0.373 e. The van der Waals surface area contributed by atoms with Gasteiger partial charge in [-0.15, -0.1) is 0 Å². The van der Waals surface area contributed by atoms with E-state index in [9.17, 15) is 0 Å². The van der Waals surface area contributed by atoms with Crippen LogP contribution in [0.2, 0.25) is 0 Å². The van der Waals surface area contributed by atoms with E-state index in [1.54, 1.807) is 0 Å². The lowest BCUT2D eigenvalue weighted by Gasteiger charge is -2.22. The minimum absolute atomic E-state index is 0.358. The average molecular weight is 291 g/mol. The number of hydrogen-bond donors (Lipinski definition) is 0. The van der Waals surface area contributed by atoms with Crippen molar-refractivity contribution in [3.63, 3.8) is 0 Å². The van der Waals surface area contributed by atoms with Crippen molar-refractivity contribution in [2.24, 2.45) is 0 Å². The van der Waals surface area contributed by atoms with E-state index >= 15 is 0 Å². The second-order valence-electron chi connectivity index (χ2n) is 6.25. The fourth-order valence-corrected chi connectivity index (χ4v) is 3.91. The molecule has 4 nitrogen and oxygen atoms in total. The zero-order valence-corrected chi connectivity index (χ0v) is 12.2. The first kappa shape index (κ1) is 12.4. The molecule has 4 heteroatoms. The SMILES string of the molecule is c1cnc2cc(-c3nccn3[C@@H]3C[C@@H]4CC[C@H]3O4)ccc2c1. The summed E-state index contributed by atoms with van der Waals surface area (Å²) in [5.41, 5.74) is 2.14. The Morgan fingerprint density at radius 2 is 2.09 bits per heavy atom. The molecule has 0 N–H and O–H groups in total. The third kappa shape index (κ3) is 1.80. The van der Waals surface area contributed by atoms with Crippen LogP contribution in [0, 0.1) is 0 Å². The number of hydrogen-bond acceptors (Lipinski definition) is 3. The number of benzene rings is 1. The van der Waals surface area contributed by atoms with E-state index in [1.807, 2.05) is 18.5 Å². The van der Waals surface area contributed by atoms with Gasteiger partial charge in [-0.05, 0) is 31.4 Å². The second-order valence-corrected chi connectivity index (χ2v) is 6.25. The van der Waals surface area contributed by atoms with Crippen LogP contribution in [0.5, 0.6) is 0 Å². The molecule has 0 unspecified atom stereocenters. The summed E-state index contributed by atoms with van der Waals surface area (Å²) < 4.78 is 8.31. The van der Waals surface area contributed by atoms with Crippen molar-refractivity contribution in [3.8, 4) is 11.4 Å². The lowest BCUT2D eigenvalue weighted by molar-refractivity contribution is 0.0940. The van der Waals surface area contributed by atoms with Crippen molar-refractivity contribution in [2.75, 3.05) is 0 Å². The Bertz CT molecular complexity index is 841. The van der Waals surface area contributed by atoms with Crippen LogP contribution < -0.4 is 0 Å². The van der Waals surface area contributed by atoms with Crippen molar-refractivity contribution >= 4 is 10.9 Å². The lowest BCUT2D eigenvalue weighted by atomic mass is 9.95. The predicted octanol–water partition coefficient (Wildman–Crippen LogP) is 3.59. The number of rotatable bonds is 2. The molecular formula is C18H17N3O. The van der Waals surface area contributed by atoms with Gasteiger partial charge in [-0.25, -0.2) is 4.98 Å². The Labute approximate surface area is 128 Å². The standard InChI is InChI=1S/C18H17N3O/c1-2-12-3-4-13(10-15(12)19-7-1)18-20-8-9-21(18)16-11-14-5-6-17(16)22-14/h1-4,7-10,14,16-17H,5-6,11H2/t14-,16+,17+/m0/s1. The maximum Gasteiger partial charge on any atom is 0.140 e. The van der Waals surface area contributed by atoms with Gasteiger partial charge in [0.25, 0.3) is 0 Å². The van der Waals surface area contributed by atoms with E-state index in [4.69, 9.17) is 4.74 Å². The van der Waals surface area contributed by atoms with Crippen LogP contribution in [0.1, 0.15) is 25.3 Å². The van der Waals surface area contributed by atoms with Crippen LogP contribution in [-0.2, 0) is 4.74 Å². The highest BCUT2D eigenvalue weighted by Crippen LogP contribution is 2.43. The van der Waals surface area contributed by atoms with Gasteiger partial charge in [0, 0.05) is 29.5 Å². The molecule has 2 aliphatic heterocycles. The number of nitrogens with zero attached hydrogens (tertiary/aromatic N) is 3. The monoisotopic (exact) mass is 291 g/mol. The van der Waals surface area contributed by atoms with Crippen LogP contribution in [0.4, 0.5) is 0 Å². The molecule has 2 aliphatic rings. The number of pyridine rings is 1. The summed E-state index contributed by atoms with van der Waals surface area (Å²) in [6.45, 7) is 0. The summed E-state index contributed by atoms with van der Waals surface area (Å²) in [4.78, 5) is 9.06. The Balaban J connectivity index is 1.59. The molecule has 2 bridgehead atoms. The number of fused-ring (bicyclic) bond motifs is 3. The normalized spacial score (nSPS) is 26.8. The topological polar surface area (TPSA) is 39.9 Å². The number of imidazole rings is 1.